The first-order chi connectivity index (χ1) is 12.6. The predicted molar refractivity (Wildman–Crippen MR) is 99.4 cm³/mol. The van der Waals surface area contributed by atoms with Crippen molar-refractivity contribution in [3.8, 4) is 0 Å². The van der Waals surface area contributed by atoms with Crippen LogP contribution in [-0.2, 0) is 26.0 Å². The summed E-state index contributed by atoms with van der Waals surface area (Å²) >= 11 is 0. The molecule has 1 atom stereocenters. The van der Waals surface area contributed by atoms with Crippen LogP contribution in [-0.4, -0.2) is 51.0 Å². The molecule has 2 fully saturated rings. The molecule has 26 heavy (non-hydrogen) atoms. The lowest BCUT2D eigenvalue weighted by molar-refractivity contribution is -0.129. The van der Waals surface area contributed by atoms with Gasteiger partial charge in [-0.15, -0.1) is 0 Å². The van der Waals surface area contributed by atoms with Gasteiger partial charge < -0.3 is 10.1 Å². The van der Waals surface area contributed by atoms with Crippen LogP contribution in [0.3, 0.4) is 0 Å². The molecule has 2 aliphatic rings. The molecule has 1 unspecified atom stereocenters. The smallest absolute Gasteiger partial charge is 0.249 e. The maximum absolute atomic E-state index is 12.8. The molecule has 1 amide bonds. The minimum atomic E-state index is -3.40. The quantitative estimate of drug-likeness (QED) is 0.820. The van der Waals surface area contributed by atoms with Gasteiger partial charge in [0, 0.05) is 26.2 Å². The zero-order valence-electron chi connectivity index (χ0n) is 15.2. The van der Waals surface area contributed by atoms with Crippen LogP contribution in [0.25, 0.3) is 0 Å². The summed E-state index contributed by atoms with van der Waals surface area (Å²) in [5.41, 5.74) is 1.01. The molecule has 6 nitrogen and oxygen atoms in total. The molecule has 2 heterocycles. The number of carbonyl (C=O) groups excluding carboxylic acids is 1. The van der Waals surface area contributed by atoms with Gasteiger partial charge in [-0.2, -0.15) is 4.31 Å². The topological polar surface area (TPSA) is 75.7 Å². The SMILES string of the molecule is O=C(NCCc1ccc(S(=O)(=O)N2CCCCCC2)cc1)C1CCCO1. The first-order valence-corrected chi connectivity index (χ1v) is 11.0. The van der Waals surface area contributed by atoms with Gasteiger partial charge in [-0.05, 0) is 49.8 Å². The van der Waals surface area contributed by atoms with Gasteiger partial charge in [0.25, 0.3) is 0 Å². The highest BCUT2D eigenvalue weighted by Crippen LogP contribution is 2.20. The third kappa shape index (κ3) is 4.84. The van der Waals surface area contributed by atoms with Crippen molar-refractivity contribution in [3.05, 3.63) is 29.8 Å². The Bertz CT molecular complexity index is 689. The van der Waals surface area contributed by atoms with Crippen molar-refractivity contribution in [1.82, 2.24) is 9.62 Å². The number of hydrogen-bond acceptors (Lipinski definition) is 4. The van der Waals surface area contributed by atoms with E-state index in [1.54, 1.807) is 16.4 Å². The van der Waals surface area contributed by atoms with E-state index in [0.29, 0.717) is 37.6 Å². The lowest BCUT2D eigenvalue weighted by Crippen LogP contribution is -2.35. The Labute approximate surface area is 156 Å². The molecular weight excluding hydrogens is 352 g/mol. The molecule has 1 N–H and O–H groups in total. The van der Waals surface area contributed by atoms with Gasteiger partial charge >= 0.3 is 0 Å². The molecule has 2 aliphatic heterocycles. The number of nitrogens with zero attached hydrogens (tertiary/aromatic N) is 1. The Morgan fingerprint density at radius 1 is 1.08 bits per heavy atom. The van der Waals surface area contributed by atoms with Gasteiger partial charge in [0.15, 0.2) is 0 Å². The number of nitrogens with one attached hydrogen (secondary N) is 1. The first kappa shape index (κ1) is 19.3. The summed E-state index contributed by atoms with van der Waals surface area (Å²) in [6.45, 7) is 2.40. The van der Waals surface area contributed by atoms with E-state index in [1.165, 1.54) is 0 Å². The van der Waals surface area contributed by atoms with Gasteiger partial charge in [-0.1, -0.05) is 25.0 Å². The average molecular weight is 381 g/mol. The summed E-state index contributed by atoms with van der Waals surface area (Å²) in [7, 11) is -3.40. The molecule has 0 bridgehead atoms. The summed E-state index contributed by atoms with van der Waals surface area (Å²) in [5.74, 6) is -0.0529. The van der Waals surface area contributed by atoms with Crippen LogP contribution in [0, 0.1) is 0 Å². The van der Waals surface area contributed by atoms with Gasteiger partial charge in [0.1, 0.15) is 6.10 Å². The van der Waals surface area contributed by atoms with Gasteiger partial charge in [0.05, 0.1) is 4.90 Å². The second-order valence-corrected chi connectivity index (χ2v) is 8.94. The van der Waals surface area contributed by atoms with Crippen LogP contribution in [0.2, 0.25) is 0 Å². The van der Waals surface area contributed by atoms with Gasteiger partial charge in [0.2, 0.25) is 15.9 Å². The summed E-state index contributed by atoms with van der Waals surface area (Å²) in [4.78, 5) is 12.3. The third-order valence-corrected chi connectivity index (χ3v) is 6.97. The molecule has 0 aromatic heterocycles. The Kier molecular flexibility index (Phi) is 6.67. The second-order valence-electron chi connectivity index (χ2n) is 7.00. The number of ether oxygens (including phenoxy) is 1. The highest BCUT2D eigenvalue weighted by atomic mass is 32.2. The summed E-state index contributed by atoms with van der Waals surface area (Å²) < 4.78 is 32.5. The number of sulfonamides is 1. The van der Waals surface area contributed by atoms with E-state index >= 15 is 0 Å². The predicted octanol–water partition coefficient (Wildman–Crippen LogP) is 2.09. The lowest BCUT2D eigenvalue weighted by Gasteiger charge is -2.20. The van der Waals surface area contributed by atoms with Crippen molar-refractivity contribution in [3.63, 3.8) is 0 Å². The summed E-state index contributed by atoms with van der Waals surface area (Å²) in [6, 6.07) is 7.03. The largest absolute Gasteiger partial charge is 0.368 e. The Balaban J connectivity index is 1.53. The molecular formula is C19H28N2O4S. The molecule has 2 saturated heterocycles. The Hall–Kier alpha value is -1.44. The van der Waals surface area contributed by atoms with E-state index < -0.39 is 10.0 Å². The number of carbonyl (C=O) groups is 1. The average Bonchev–Trinajstić information content (AvgIpc) is 3.04. The van der Waals surface area contributed by atoms with Crippen molar-refractivity contribution in [2.24, 2.45) is 0 Å². The standard InChI is InChI=1S/C19H28N2O4S/c22-19(18-6-5-15-25-18)20-12-11-16-7-9-17(10-8-16)26(23,24)21-13-3-1-2-4-14-21/h7-10,18H,1-6,11-15H2,(H,20,22). The maximum atomic E-state index is 12.8. The van der Waals surface area contributed by atoms with Crippen LogP contribution in [0.1, 0.15) is 44.1 Å². The monoisotopic (exact) mass is 380 g/mol. The minimum Gasteiger partial charge on any atom is -0.368 e. The summed E-state index contributed by atoms with van der Waals surface area (Å²) in [5, 5.41) is 2.89. The second kappa shape index (κ2) is 8.97. The highest BCUT2D eigenvalue weighted by Gasteiger charge is 2.25. The van der Waals surface area contributed by atoms with Crippen molar-refractivity contribution < 1.29 is 17.9 Å². The van der Waals surface area contributed by atoms with Crippen molar-refractivity contribution in [2.75, 3.05) is 26.2 Å². The Morgan fingerprint density at radius 2 is 1.77 bits per heavy atom. The van der Waals surface area contributed by atoms with Crippen LogP contribution in [0.5, 0.6) is 0 Å². The fraction of sp³-hybridized carbons (Fsp3) is 0.632. The summed E-state index contributed by atoms with van der Waals surface area (Å²) in [6.07, 6.45) is 6.15. The lowest BCUT2D eigenvalue weighted by atomic mass is 10.1. The fourth-order valence-electron chi connectivity index (χ4n) is 3.49. The van der Waals surface area contributed by atoms with E-state index in [2.05, 4.69) is 5.32 Å². The molecule has 0 spiro atoms. The van der Waals surface area contributed by atoms with E-state index in [4.69, 9.17) is 4.74 Å². The van der Waals surface area contributed by atoms with Crippen LogP contribution in [0.4, 0.5) is 0 Å². The number of amides is 1. The van der Waals surface area contributed by atoms with Crippen molar-refractivity contribution in [1.29, 1.82) is 0 Å². The van der Waals surface area contributed by atoms with E-state index in [-0.39, 0.29) is 12.0 Å². The van der Waals surface area contributed by atoms with E-state index in [0.717, 1.165) is 44.1 Å². The van der Waals surface area contributed by atoms with Crippen LogP contribution >= 0.6 is 0 Å². The third-order valence-electron chi connectivity index (χ3n) is 5.06. The molecule has 144 valence electrons. The fourth-order valence-corrected chi connectivity index (χ4v) is 5.00. The number of benzene rings is 1. The first-order valence-electron chi connectivity index (χ1n) is 9.56. The van der Waals surface area contributed by atoms with E-state index in [9.17, 15) is 13.2 Å². The molecule has 1 aromatic rings. The number of hydrogen-bond donors (Lipinski definition) is 1. The van der Waals surface area contributed by atoms with Crippen LogP contribution < -0.4 is 5.32 Å². The molecule has 1 aromatic carbocycles. The van der Waals surface area contributed by atoms with Gasteiger partial charge in [-0.25, -0.2) is 8.42 Å². The van der Waals surface area contributed by atoms with Crippen molar-refractivity contribution in [2.45, 2.75) is 55.9 Å². The number of rotatable bonds is 6. The van der Waals surface area contributed by atoms with Crippen LogP contribution in [0.15, 0.2) is 29.2 Å². The van der Waals surface area contributed by atoms with Gasteiger partial charge in [-0.3, -0.25) is 4.79 Å². The van der Waals surface area contributed by atoms with E-state index in [1.807, 2.05) is 12.1 Å². The molecule has 0 radical (unpaired) electrons. The minimum absolute atomic E-state index is 0.0529. The Morgan fingerprint density at radius 3 is 2.38 bits per heavy atom. The highest BCUT2D eigenvalue weighted by molar-refractivity contribution is 7.89. The molecule has 0 aliphatic carbocycles. The zero-order chi connectivity index (χ0) is 18.4. The molecule has 3 rings (SSSR count). The zero-order valence-corrected chi connectivity index (χ0v) is 16.0. The molecule has 0 saturated carbocycles. The normalized spacial score (nSPS) is 22.1. The van der Waals surface area contributed by atoms with Crippen molar-refractivity contribution >= 4 is 15.9 Å². The maximum Gasteiger partial charge on any atom is 0.249 e. The molecule has 7 heteroatoms.